The van der Waals surface area contributed by atoms with E-state index in [0.717, 1.165) is 12.8 Å². The summed E-state index contributed by atoms with van der Waals surface area (Å²) in [7, 11) is 0. The standard InChI is InChI=1S/C10H16O2/c1-8(11)7-10(12)9-5-3-2-4-6-9/h7,9,12H,2-6H2,1H3. The third-order valence-electron chi connectivity index (χ3n) is 2.37. The molecule has 1 saturated carbocycles. The van der Waals surface area contributed by atoms with Crippen LogP contribution in [0.1, 0.15) is 39.0 Å². The van der Waals surface area contributed by atoms with E-state index in [1.54, 1.807) is 0 Å². The van der Waals surface area contributed by atoms with Gasteiger partial charge in [0.1, 0.15) is 0 Å². The first-order valence-electron chi connectivity index (χ1n) is 4.61. The molecule has 0 atom stereocenters. The van der Waals surface area contributed by atoms with Crippen molar-refractivity contribution in [1.29, 1.82) is 0 Å². The van der Waals surface area contributed by atoms with Gasteiger partial charge < -0.3 is 5.11 Å². The highest BCUT2D eigenvalue weighted by atomic mass is 16.3. The Morgan fingerprint density at radius 1 is 1.33 bits per heavy atom. The number of allylic oxidation sites excluding steroid dienone is 2. The molecule has 0 aromatic heterocycles. The summed E-state index contributed by atoms with van der Waals surface area (Å²) in [6.07, 6.45) is 7.06. The van der Waals surface area contributed by atoms with Gasteiger partial charge in [0.25, 0.3) is 0 Å². The van der Waals surface area contributed by atoms with Crippen molar-refractivity contribution in [2.45, 2.75) is 39.0 Å². The van der Waals surface area contributed by atoms with E-state index in [1.807, 2.05) is 0 Å². The zero-order valence-corrected chi connectivity index (χ0v) is 7.55. The molecule has 1 fully saturated rings. The van der Waals surface area contributed by atoms with Crippen LogP contribution in [-0.4, -0.2) is 10.9 Å². The van der Waals surface area contributed by atoms with Crippen LogP contribution < -0.4 is 0 Å². The van der Waals surface area contributed by atoms with E-state index in [0.29, 0.717) is 5.76 Å². The van der Waals surface area contributed by atoms with Crippen LogP contribution in [0.3, 0.4) is 0 Å². The number of ketones is 1. The molecule has 0 aliphatic heterocycles. The van der Waals surface area contributed by atoms with Crippen LogP contribution in [0.25, 0.3) is 0 Å². The molecule has 0 radical (unpaired) electrons. The molecule has 0 amide bonds. The Kier molecular flexibility index (Phi) is 3.32. The number of carbonyl (C=O) groups excluding carboxylic acids is 1. The largest absolute Gasteiger partial charge is 0.512 e. The maximum atomic E-state index is 10.7. The Hall–Kier alpha value is -0.790. The van der Waals surface area contributed by atoms with Crippen LogP contribution in [0.5, 0.6) is 0 Å². The highest BCUT2D eigenvalue weighted by Gasteiger charge is 2.17. The second kappa shape index (κ2) is 4.29. The van der Waals surface area contributed by atoms with Gasteiger partial charge in [-0.05, 0) is 19.8 Å². The maximum Gasteiger partial charge on any atom is 0.155 e. The van der Waals surface area contributed by atoms with Crippen LogP contribution in [0.15, 0.2) is 11.8 Å². The summed E-state index contributed by atoms with van der Waals surface area (Å²) < 4.78 is 0. The fourth-order valence-electron chi connectivity index (χ4n) is 1.72. The summed E-state index contributed by atoms with van der Waals surface area (Å²) in [6, 6.07) is 0. The van der Waals surface area contributed by atoms with Crippen LogP contribution >= 0.6 is 0 Å². The average molecular weight is 168 g/mol. The summed E-state index contributed by atoms with van der Waals surface area (Å²) in [5, 5.41) is 9.48. The van der Waals surface area contributed by atoms with E-state index in [2.05, 4.69) is 0 Å². The molecule has 0 aromatic carbocycles. The summed E-state index contributed by atoms with van der Waals surface area (Å²) in [6.45, 7) is 1.47. The van der Waals surface area contributed by atoms with Gasteiger partial charge in [0.05, 0.1) is 5.76 Å². The van der Waals surface area contributed by atoms with Crippen molar-refractivity contribution in [3.8, 4) is 0 Å². The fourth-order valence-corrected chi connectivity index (χ4v) is 1.72. The van der Waals surface area contributed by atoms with Gasteiger partial charge in [0.15, 0.2) is 5.78 Å². The lowest BCUT2D eigenvalue weighted by atomic mass is 9.87. The number of carbonyl (C=O) groups is 1. The van der Waals surface area contributed by atoms with E-state index >= 15 is 0 Å². The lowest BCUT2D eigenvalue weighted by molar-refractivity contribution is -0.112. The van der Waals surface area contributed by atoms with Crippen molar-refractivity contribution in [3.05, 3.63) is 11.8 Å². The van der Waals surface area contributed by atoms with E-state index in [9.17, 15) is 9.90 Å². The Balaban J connectivity index is 2.49. The molecule has 0 bridgehead atoms. The summed E-state index contributed by atoms with van der Waals surface area (Å²) in [5.74, 6) is 0.489. The molecule has 1 aliphatic carbocycles. The fraction of sp³-hybridized carbons (Fsp3) is 0.700. The van der Waals surface area contributed by atoms with Crippen LogP contribution in [0.2, 0.25) is 0 Å². The number of aliphatic hydroxyl groups is 1. The predicted molar refractivity (Wildman–Crippen MR) is 48.0 cm³/mol. The maximum absolute atomic E-state index is 10.7. The van der Waals surface area contributed by atoms with E-state index in [1.165, 1.54) is 32.3 Å². The van der Waals surface area contributed by atoms with Crippen molar-refractivity contribution in [1.82, 2.24) is 0 Å². The third kappa shape index (κ3) is 2.68. The molecular weight excluding hydrogens is 152 g/mol. The lowest BCUT2D eigenvalue weighted by Crippen LogP contribution is -2.09. The first kappa shape index (κ1) is 9.30. The van der Waals surface area contributed by atoms with Gasteiger partial charge in [-0.3, -0.25) is 4.79 Å². The first-order chi connectivity index (χ1) is 5.70. The minimum absolute atomic E-state index is 0.0573. The van der Waals surface area contributed by atoms with Crippen molar-refractivity contribution >= 4 is 5.78 Å². The molecule has 0 aromatic rings. The second-order valence-electron chi connectivity index (χ2n) is 3.51. The Bertz CT molecular complexity index is 188. The van der Waals surface area contributed by atoms with E-state index in [-0.39, 0.29) is 11.7 Å². The molecule has 2 heteroatoms. The third-order valence-corrected chi connectivity index (χ3v) is 2.37. The molecule has 2 nitrogen and oxygen atoms in total. The molecule has 68 valence electrons. The van der Waals surface area contributed by atoms with Crippen LogP contribution in [0, 0.1) is 5.92 Å². The minimum atomic E-state index is -0.0573. The van der Waals surface area contributed by atoms with Gasteiger partial charge in [-0.15, -0.1) is 0 Å². The van der Waals surface area contributed by atoms with Crippen molar-refractivity contribution in [2.75, 3.05) is 0 Å². The normalized spacial score (nSPS) is 20.9. The molecule has 1 rings (SSSR count). The highest BCUT2D eigenvalue weighted by Crippen LogP contribution is 2.28. The quantitative estimate of drug-likeness (QED) is 0.508. The summed E-state index contributed by atoms with van der Waals surface area (Å²) in [5.41, 5.74) is 0. The molecule has 12 heavy (non-hydrogen) atoms. The van der Waals surface area contributed by atoms with Crippen molar-refractivity contribution in [2.24, 2.45) is 5.92 Å². The lowest BCUT2D eigenvalue weighted by Gasteiger charge is -2.20. The zero-order chi connectivity index (χ0) is 8.97. The van der Waals surface area contributed by atoms with Crippen LogP contribution in [0.4, 0.5) is 0 Å². The molecule has 1 aliphatic rings. The first-order valence-corrected chi connectivity index (χ1v) is 4.61. The smallest absolute Gasteiger partial charge is 0.155 e. The minimum Gasteiger partial charge on any atom is -0.512 e. The summed E-state index contributed by atoms with van der Waals surface area (Å²) in [4.78, 5) is 10.7. The molecule has 0 saturated heterocycles. The SMILES string of the molecule is CC(=O)C=C(O)C1CCCCC1. The number of rotatable bonds is 2. The van der Waals surface area contributed by atoms with Crippen LogP contribution in [-0.2, 0) is 4.79 Å². The molecule has 0 unspecified atom stereocenters. The van der Waals surface area contributed by atoms with E-state index in [4.69, 9.17) is 0 Å². The Morgan fingerprint density at radius 3 is 2.42 bits per heavy atom. The summed E-state index contributed by atoms with van der Waals surface area (Å²) >= 11 is 0. The molecular formula is C10H16O2. The van der Waals surface area contributed by atoms with Crippen molar-refractivity contribution < 1.29 is 9.90 Å². The molecule has 0 heterocycles. The zero-order valence-electron chi connectivity index (χ0n) is 7.55. The van der Waals surface area contributed by atoms with Gasteiger partial charge in [0, 0.05) is 12.0 Å². The molecule has 1 N–H and O–H groups in total. The van der Waals surface area contributed by atoms with Gasteiger partial charge in [-0.2, -0.15) is 0 Å². The number of aliphatic hydroxyl groups excluding tert-OH is 1. The van der Waals surface area contributed by atoms with Gasteiger partial charge >= 0.3 is 0 Å². The van der Waals surface area contributed by atoms with E-state index < -0.39 is 0 Å². The second-order valence-corrected chi connectivity index (χ2v) is 3.51. The Morgan fingerprint density at radius 2 is 1.92 bits per heavy atom. The topological polar surface area (TPSA) is 37.3 Å². The van der Waals surface area contributed by atoms with Gasteiger partial charge in [-0.25, -0.2) is 0 Å². The molecule has 0 spiro atoms. The number of hydrogen-bond acceptors (Lipinski definition) is 2. The number of hydrogen-bond donors (Lipinski definition) is 1. The predicted octanol–water partition coefficient (Wildman–Crippen LogP) is 2.60. The average Bonchev–Trinajstić information content (AvgIpc) is 2.05. The van der Waals surface area contributed by atoms with Gasteiger partial charge in [-0.1, -0.05) is 19.3 Å². The Labute approximate surface area is 73.3 Å². The van der Waals surface area contributed by atoms with Crippen molar-refractivity contribution in [3.63, 3.8) is 0 Å². The monoisotopic (exact) mass is 168 g/mol. The highest BCUT2D eigenvalue weighted by molar-refractivity contribution is 5.87. The van der Waals surface area contributed by atoms with Gasteiger partial charge in [0.2, 0.25) is 0 Å².